The Hall–Kier alpha value is -1.24. The van der Waals surface area contributed by atoms with E-state index in [2.05, 4.69) is 0 Å². The Morgan fingerprint density at radius 3 is 1.71 bits per heavy atom. The lowest BCUT2D eigenvalue weighted by Gasteiger charge is -2.17. The molecule has 1 heterocycles. The first-order chi connectivity index (χ1) is 6.43. The van der Waals surface area contributed by atoms with Gasteiger partial charge in [0, 0.05) is 15.9 Å². The second kappa shape index (κ2) is 3.87. The monoisotopic (exact) mass is 203 g/mol. The van der Waals surface area contributed by atoms with Crippen molar-refractivity contribution in [2.45, 2.75) is 32.0 Å². The van der Waals surface area contributed by atoms with E-state index in [1.165, 1.54) is 0 Å². The van der Waals surface area contributed by atoms with Crippen molar-refractivity contribution in [3.8, 4) is 0 Å². The largest absolute Gasteiger partial charge is 0.292 e. The van der Waals surface area contributed by atoms with Crippen molar-refractivity contribution in [3.05, 3.63) is 20.2 Å². The second-order valence-corrected chi connectivity index (χ2v) is 3.75. The van der Waals surface area contributed by atoms with Gasteiger partial charge in [-0.15, -0.1) is 0 Å². The highest BCUT2D eigenvalue weighted by Crippen LogP contribution is 2.17. The quantitative estimate of drug-likeness (QED) is 0.475. The van der Waals surface area contributed by atoms with Crippen molar-refractivity contribution in [2.24, 2.45) is 0 Å². The number of likely N-dealkylation sites (tertiary alicyclic amines) is 1. The normalized spacial score (nSPS) is 28.2. The van der Waals surface area contributed by atoms with Gasteiger partial charge in [0.15, 0.2) is 0 Å². The van der Waals surface area contributed by atoms with E-state index in [9.17, 15) is 20.2 Å². The first kappa shape index (κ1) is 10.8. The third-order valence-corrected chi connectivity index (χ3v) is 2.56. The fourth-order valence-electron chi connectivity index (χ4n) is 1.63. The summed E-state index contributed by atoms with van der Waals surface area (Å²) in [5, 5.41) is 21.1. The first-order valence-electron chi connectivity index (χ1n) is 4.44. The van der Waals surface area contributed by atoms with Crippen LogP contribution in [0, 0.1) is 20.2 Å². The number of rotatable bonds is 3. The Kier molecular flexibility index (Phi) is 3.00. The first-order valence-corrected chi connectivity index (χ1v) is 4.44. The van der Waals surface area contributed by atoms with E-state index in [1.54, 1.807) is 4.90 Å². The lowest BCUT2D eigenvalue weighted by Crippen LogP contribution is -2.37. The predicted molar refractivity (Wildman–Crippen MR) is 48.3 cm³/mol. The van der Waals surface area contributed by atoms with E-state index in [-0.39, 0.29) is 19.1 Å². The summed E-state index contributed by atoms with van der Waals surface area (Å²) < 4.78 is 0. The number of nitrogens with zero attached hydrogens (tertiary/aromatic N) is 3. The predicted octanol–water partition coefficient (Wildman–Crippen LogP) is 0.00100. The average Bonchev–Trinajstić information content (AvgIpc) is 2.47. The molecule has 1 fully saturated rings. The van der Waals surface area contributed by atoms with E-state index < -0.39 is 21.9 Å². The van der Waals surface area contributed by atoms with E-state index in [0.29, 0.717) is 0 Å². The van der Waals surface area contributed by atoms with E-state index in [4.69, 9.17) is 0 Å². The van der Waals surface area contributed by atoms with Gasteiger partial charge in [-0.3, -0.25) is 25.1 Å². The third-order valence-electron chi connectivity index (χ3n) is 2.56. The Bertz CT molecular complexity index is 233. The van der Waals surface area contributed by atoms with Crippen LogP contribution >= 0.6 is 0 Å². The van der Waals surface area contributed by atoms with Gasteiger partial charge in [-0.25, -0.2) is 0 Å². The molecule has 1 rings (SSSR count). The molecule has 1 aliphatic rings. The molecule has 0 aromatic heterocycles. The fourth-order valence-corrected chi connectivity index (χ4v) is 1.63. The molecule has 2 unspecified atom stereocenters. The van der Waals surface area contributed by atoms with Crippen LogP contribution in [0.4, 0.5) is 0 Å². The minimum Gasteiger partial charge on any atom is -0.287 e. The molecule has 14 heavy (non-hydrogen) atoms. The Balaban J connectivity index is 2.75. The zero-order valence-corrected chi connectivity index (χ0v) is 8.12. The molecule has 1 saturated heterocycles. The Morgan fingerprint density at radius 2 is 1.50 bits per heavy atom. The van der Waals surface area contributed by atoms with Crippen LogP contribution in [-0.4, -0.2) is 46.0 Å². The van der Waals surface area contributed by atoms with Crippen molar-refractivity contribution < 1.29 is 9.85 Å². The molecule has 0 bridgehead atoms. The SMILES string of the molecule is CC(C)N1CC([N+](=O)[O-])C([N+](=O)[O-])C1. The lowest BCUT2D eigenvalue weighted by atomic mass is 10.2. The topological polar surface area (TPSA) is 89.5 Å². The molecule has 0 N–H and O–H groups in total. The Morgan fingerprint density at radius 1 is 1.14 bits per heavy atom. The van der Waals surface area contributed by atoms with Crippen molar-refractivity contribution in [1.82, 2.24) is 4.90 Å². The van der Waals surface area contributed by atoms with Crippen LogP contribution in [0.1, 0.15) is 13.8 Å². The van der Waals surface area contributed by atoms with Gasteiger partial charge in [0.05, 0.1) is 13.1 Å². The van der Waals surface area contributed by atoms with Gasteiger partial charge >= 0.3 is 0 Å². The van der Waals surface area contributed by atoms with Gasteiger partial charge in [0.1, 0.15) is 0 Å². The molecule has 1 aliphatic heterocycles. The zero-order valence-electron chi connectivity index (χ0n) is 8.12. The van der Waals surface area contributed by atoms with Crippen molar-refractivity contribution in [1.29, 1.82) is 0 Å². The molecule has 7 heteroatoms. The van der Waals surface area contributed by atoms with E-state index in [0.717, 1.165) is 0 Å². The highest BCUT2D eigenvalue weighted by molar-refractivity contribution is 4.85. The summed E-state index contributed by atoms with van der Waals surface area (Å²) >= 11 is 0. The number of hydrogen-bond acceptors (Lipinski definition) is 5. The summed E-state index contributed by atoms with van der Waals surface area (Å²) in [5.41, 5.74) is 0. The summed E-state index contributed by atoms with van der Waals surface area (Å²) in [6.07, 6.45) is 0. The van der Waals surface area contributed by atoms with Gasteiger partial charge in [0.25, 0.3) is 12.1 Å². The van der Waals surface area contributed by atoms with Gasteiger partial charge in [0.2, 0.25) is 0 Å². The Labute approximate surface area is 81.0 Å². The number of nitro groups is 2. The highest BCUT2D eigenvalue weighted by atomic mass is 16.6. The molecule has 2 atom stereocenters. The minimum absolute atomic E-state index is 0.113. The fraction of sp³-hybridized carbons (Fsp3) is 1.00. The van der Waals surface area contributed by atoms with Crippen LogP contribution in [0.25, 0.3) is 0 Å². The van der Waals surface area contributed by atoms with Crippen molar-refractivity contribution in [3.63, 3.8) is 0 Å². The third kappa shape index (κ3) is 1.98. The van der Waals surface area contributed by atoms with Crippen LogP contribution in [0.3, 0.4) is 0 Å². The zero-order chi connectivity index (χ0) is 10.9. The van der Waals surface area contributed by atoms with Gasteiger partial charge in [-0.1, -0.05) is 0 Å². The van der Waals surface area contributed by atoms with E-state index >= 15 is 0 Å². The summed E-state index contributed by atoms with van der Waals surface area (Å²) in [4.78, 5) is 21.8. The molecule has 0 amide bonds. The molecule has 0 aromatic carbocycles. The molecule has 0 saturated carbocycles. The minimum atomic E-state index is -1.06. The van der Waals surface area contributed by atoms with Gasteiger partial charge in [-0.05, 0) is 13.8 Å². The van der Waals surface area contributed by atoms with Crippen LogP contribution in [0.15, 0.2) is 0 Å². The molecular formula is C7H13N3O4. The standard InChI is InChI=1S/C7H13N3O4/c1-5(2)8-3-6(9(11)12)7(4-8)10(13)14/h5-7H,3-4H2,1-2H3. The molecule has 0 spiro atoms. The summed E-state index contributed by atoms with van der Waals surface area (Å²) in [5.74, 6) is 0. The van der Waals surface area contributed by atoms with Crippen LogP contribution < -0.4 is 0 Å². The maximum Gasteiger partial charge on any atom is 0.292 e. The molecule has 0 aromatic rings. The summed E-state index contributed by atoms with van der Waals surface area (Å²) in [7, 11) is 0. The summed E-state index contributed by atoms with van der Waals surface area (Å²) in [6, 6.07) is -2.01. The maximum absolute atomic E-state index is 10.6. The molecular weight excluding hydrogens is 190 g/mol. The number of hydrogen-bond donors (Lipinski definition) is 0. The van der Waals surface area contributed by atoms with E-state index in [1.807, 2.05) is 13.8 Å². The van der Waals surface area contributed by atoms with Crippen molar-refractivity contribution >= 4 is 0 Å². The van der Waals surface area contributed by atoms with Gasteiger partial charge in [-0.2, -0.15) is 0 Å². The van der Waals surface area contributed by atoms with Crippen LogP contribution in [-0.2, 0) is 0 Å². The van der Waals surface area contributed by atoms with Crippen LogP contribution in [0.5, 0.6) is 0 Å². The molecule has 7 nitrogen and oxygen atoms in total. The smallest absolute Gasteiger partial charge is 0.287 e. The molecule has 0 aliphatic carbocycles. The van der Waals surface area contributed by atoms with Crippen LogP contribution in [0.2, 0.25) is 0 Å². The molecule has 80 valence electrons. The van der Waals surface area contributed by atoms with Crippen molar-refractivity contribution in [2.75, 3.05) is 13.1 Å². The van der Waals surface area contributed by atoms with Gasteiger partial charge < -0.3 is 0 Å². The second-order valence-electron chi connectivity index (χ2n) is 3.75. The molecule has 0 radical (unpaired) electrons. The highest BCUT2D eigenvalue weighted by Gasteiger charge is 2.49. The maximum atomic E-state index is 10.6. The average molecular weight is 203 g/mol. The summed E-state index contributed by atoms with van der Waals surface area (Å²) in [6.45, 7) is 4.10. The lowest BCUT2D eigenvalue weighted by molar-refractivity contribution is -0.606.